The van der Waals surface area contributed by atoms with Crippen LogP contribution in [-0.4, -0.2) is 28.0 Å². The molecule has 21 heavy (non-hydrogen) atoms. The molecule has 2 rings (SSSR count). The van der Waals surface area contributed by atoms with Crippen molar-refractivity contribution in [3.8, 4) is 5.88 Å². The summed E-state index contributed by atoms with van der Waals surface area (Å²) in [6.07, 6.45) is 0. The van der Waals surface area contributed by atoms with Crippen LogP contribution in [0, 0.1) is 12.7 Å². The van der Waals surface area contributed by atoms with Crippen molar-refractivity contribution in [2.24, 2.45) is 7.05 Å². The first-order chi connectivity index (χ1) is 9.93. The maximum Gasteiger partial charge on any atom is 0.335 e. The number of nitrogens with one attached hydrogen (secondary N) is 1. The van der Waals surface area contributed by atoms with Crippen LogP contribution in [0.1, 0.15) is 21.6 Å². The van der Waals surface area contributed by atoms with Gasteiger partial charge in [-0.3, -0.25) is 0 Å². The molecule has 0 radical (unpaired) electrons. The standard InChI is InChI=1S/C14H16FN3O3/c1-8-10(13(21-3)18(2)17-8)7-16-12-6-9(14(19)20)4-5-11(12)15/h4-6,16H,7H2,1-3H3,(H,19,20). The number of aryl methyl sites for hydroxylation is 2. The van der Waals surface area contributed by atoms with Crippen LogP contribution in [-0.2, 0) is 13.6 Å². The van der Waals surface area contributed by atoms with Crippen molar-refractivity contribution < 1.29 is 19.0 Å². The molecule has 112 valence electrons. The smallest absolute Gasteiger partial charge is 0.335 e. The van der Waals surface area contributed by atoms with Crippen molar-refractivity contribution in [1.82, 2.24) is 9.78 Å². The van der Waals surface area contributed by atoms with Crippen LogP contribution in [0.15, 0.2) is 18.2 Å². The monoisotopic (exact) mass is 293 g/mol. The van der Waals surface area contributed by atoms with E-state index < -0.39 is 11.8 Å². The van der Waals surface area contributed by atoms with Crippen molar-refractivity contribution >= 4 is 11.7 Å². The molecule has 0 saturated carbocycles. The van der Waals surface area contributed by atoms with Crippen LogP contribution in [0.3, 0.4) is 0 Å². The third-order valence-electron chi connectivity index (χ3n) is 3.15. The Bertz CT molecular complexity index is 682. The average molecular weight is 293 g/mol. The zero-order valence-corrected chi connectivity index (χ0v) is 12.0. The van der Waals surface area contributed by atoms with Gasteiger partial charge in [0.25, 0.3) is 0 Å². The van der Waals surface area contributed by atoms with Gasteiger partial charge >= 0.3 is 5.97 Å². The molecule has 0 saturated heterocycles. The molecular formula is C14H16FN3O3. The molecule has 0 amide bonds. The van der Waals surface area contributed by atoms with Gasteiger partial charge in [-0.05, 0) is 25.1 Å². The zero-order valence-electron chi connectivity index (χ0n) is 12.0. The fraction of sp³-hybridized carbons (Fsp3) is 0.286. The van der Waals surface area contributed by atoms with Gasteiger partial charge < -0.3 is 15.2 Å². The van der Waals surface area contributed by atoms with Crippen molar-refractivity contribution in [3.63, 3.8) is 0 Å². The molecule has 2 aromatic rings. The molecule has 1 aromatic carbocycles. The molecular weight excluding hydrogens is 277 g/mol. The highest BCUT2D eigenvalue weighted by Crippen LogP contribution is 2.23. The maximum absolute atomic E-state index is 13.7. The lowest BCUT2D eigenvalue weighted by molar-refractivity contribution is 0.0697. The van der Waals surface area contributed by atoms with E-state index in [2.05, 4.69) is 10.4 Å². The minimum Gasteiger partial charge on any atom is -0.481 e. The highest BCUT2D eigenvalue weighted by molar-refractivity contribution is 5.88. The van der Waals surface area contributed by atoms with E-state index in [1.165, 1.54) is 19.2 Å². The maximum atomic E-state index is 13.7. The number of hydrogen-bond acceptors (Lipinski definition) is 4. The Labute approximate surface area is 121 Å². The summed E-state index contributed by atoms with van der Waals surface area (Å²) < 4.78 is 20.6. The summed E-state index contributed by atoms with van der Waals surface area (Å²) >= 11 is 0. The van der Waals surface area contributed by atoms with Crippen LogP contribution in [0.5, 0.6) is 5.88 Å². The van der Waals surface area contributed by atoms with Gasteiger partial charge in [-0.2, -0.15) is 5.10 Å². The topological polar surface area (TPSA) is 76.4 Å². The fourth-order valence-corrected chi connectivity index (χ4v) is 2.12. The summed E-state index contributed by atoms with van der Waals surface area (Å²) in [6.45, 7) is 2.10. The summed E-state index contributed by atoms with van der Waals surface area (Å²) in [7, 11) is 3.28. The number of anilines is 1. The van der Waals surface area contributed by atoms with E-state index in [4.69, 9.17) is 9.84 Å². The van der Waals surface area contributed by atoms with Gasteiger partial charge in [-0.15, -0.1) is 0 Å². The Morgan fingerprint density at radius 3 is 2.86 bits per heavy atom. The fourth-order valence-electron chi connectivity index (χ4n) is 2.12. The molecule has 0 unspecified atom stereocenters. The predicted octanol–water partition coefficient (Wildman–Crippen LogP) is 2.19. The van der Waals surface area contributed by atoms with Gasteiger partial charge in [-0.25, -0.2) is 13.9 Å². The highest BCUT2D eigenvalue weighted by atomic mass is 19.1. The second kappa shape index (κ2) is 5.82. The number of rotatable bonds is 5. The van der Waals surface area contributed by atoms with E-state index >= 15 is 0 Å². The average Bonchev–Trinajstić information content (AvgIpc) is 2.71. The van der Waals surface area contributed by atoms with E-state index in [-0.39, 0.29) is 17.8 Å². The minimum atomic E-state index is -1.10. The van der Waals surface area contributed by atoms with E-state index in [1.54, 1.807) is 11.7 Å². The Morgan fingerprint density at radius 1 is 1.52 bits per heavy atom. The van der Waals surface area contributed by atoms with Crippen molar-refractivity contribution in [1.29, 1.82) is 0 Å². The van der Waals surface area contributed by atoms with E-state index in [9.17, 15) is 9.18 Å². The molecule has 0 spiro atoms. The number of aromatic carboxylic acids is 1. The van der Waals surface area contributed by atoms with Crippen molar-refractivity contribution in [3.05, 3.63) is 40.8 Å². The molecule has 1 aromatic heterocycles. The number of benzene rings is 1. The second-order valence-corrected chi connectivity index (χ2v) is 4.55. The summed E-state index contributed by atoms with van der Waals surface area (Å²) in [5, 5.41) is 16.0. The van der Waals surface area contributed by atoms with Crippen LogP contribution < -0.4 is 10.1 Å². The Kier molecular flexibility index (Phi) is 4.11. The number of carboxylic acids is 1. The normalized spacial score (nSPS) is 10.5. The number of aromatic nitrogens is 2. The molecule has 6 nitrogen and oxygen atoms in total. The van der Waals surface area contributed by atoms with Gasteiger partial charge in [0.05, 0.1) is 29.6 Å². The molecule has 7 heteroatoms. The van der Waals surface area contributed by atoms with Crippen LogP contribution >= 0.6 is 0 Å². The molecule has 0 aliphatic rings. The SMILES string of the molecule is COc1c(CNc2cc(C(=O)O)ccc2F)c(C)nn1C. The van der Waals surface area contributed by atoms with E-state index in [0.717, 1.165) is 17.3 Å². The summed E-state index contributed by atoms with van der Waals surface area (Å²) in [5.41, 5.74) is 1.70. The Morgan fingerprint density at radius 2 is 2.24 bits per heavy atom. The first-order valence-electron chi connectivity index (χ1n) is 6.27. The number of ether oxygens (including phenoxy) is 1. The molecule has 0 aliphatic carbocycles. The number of hydrogen-bond donors (Lipinski definition) is 2. The largest absolute Gasteiger partial charge is 0.481 e. The summed E-state index contributed by atoms with van der Waals surface area (Å²) in [6, 6.07) is 3.60. The van der Waals surface area contributed by atoms with Crippen molar-refractivity contribution in [2.75, 3.05) is 12.4 Å². The van der Waals surface area contributed by atoms with Gasteiger partial charge in [0.2, 0.25) is 5.88 Å². The lowest BCUT2D eigenvalue weighted by atomic mass is 10.2. The third kappa shape index (κ3) is 2.96. The number of halogens is 1. The Balaban J connectivity index is 2.24. The molecule has 1 heterocycles. The summed E-state index contributed by atoms with van der Waals surface area (Å²) in [5.74, 6) is -1.04. The molecule has 0 atom stereocenters. The van der Waals surface area contributed by atoms with Crippen LogP contribution in [0.4, 0.5) is 10.1 Å². The Hall–Kier alpha value is -2.57. The van der Waals surface area contributed by atoms with Crippen LogP contribution in [0.2, 0.25) is 0 Å². The lowest BCUT2D eigenvalue weighted by Crippen LogP contribution is -2.06. The van der Waals surface area contributed by atoms with Gasteiger partial charge in [0.1, 0.15) is 5.82 Å². The van der Waals surface area contributed by atoms with Gasteiger partial charge in [-0.1, -0.05) is 0 Å². The lowest BCUT2D eigenvalue weighted by Gasteiger charge is -2.09. The van der Waals surface area contributed by atoms with Crippen molar-refractivity contribution in [2.45, 2.75) is 13.5 Å². The number of carboxylic acid groups (broad SMARTS) is 1. The van der Waals surface area contributed by atoms with Crippen LogP contribution in [0.25, 0.3) is 0 Å². The number of nitrogens with zero attached hydrogens (tertiary/aromatic N) is 2. The van der Waals surface area contributed by atoms with E-state index in [0.29, 0.717) is 5.88 Å². The molecule has 0 aliphatic heterocycles. The van der Waals surface area contributed by atoms with Gasteiger partial charge in [0.15, 0.2) is 0 Å². The minimum absolute atomic E-state index is 0.0220. The number of methoxy groups -OCH3 is 1. The molecule has 2 N–H and O–H groups in total. The van der Waals surface area contributed by atoms with E-state index in [1.807, 2.05) is 6.92 Å². The first kappa shape index (κ1) is 14.8. The first-order valence-corrected chi connectivity index (χ1v) is 6.27. The predicted molar refractivity (Wildman–Crippen MR) is 75.2 cm³/mol. The molecule has 0 fully saturated rings. The second-order valence-electron chi connectivity index (χ2n) is 4.55. The number of carbonyl (C=O) groups is 1. The highest BCUT2D eigenvalue weighted by Gasteiger charge is 2.15. The molecule has 0 bridgehead atoms. The summed E-state index contributed by atoms with van der Waals surface area (Å²) in [4.78, 5) is 10.9. The van der Waals surface area contributed by atoms with Gasteiger partial charge in [0, 0.05) is 13.6 Å². The zero-order chi connectivity index (χ0) is 15.6. The third-order valence-corrected chi connectivity index (χ3v) is 3.15. The quantitative estimate of drug-likeness (QED) is 0.883.